The Kier molecular flexibility index (Phi) is 5.66. The van der Waals surface area contributed by atoms with Crippen LogP contribution in [0.5, 0.6) is 5.75 Å². The van der Waals surface area contributed by atoms with Crippen molar-refractivity contribution in [2.75, 3.05) is 5.73 Å². The summed E-state index contributed by atoms with van der Waals surface area (Å²) in [5.41, 5.74) is 14.0. The molecule has 3 aromatic rings. The van der Waals surface area contributed by atoms with Gasteiger partial charge in [-0.05, 0) is 61.3 Å². The van der Waals surface area contributed by atoms with Gasteiger partial charge >= 0.3 is 0 Å². The largest absolute Gasteiger partial charge is 0.489 e. The Morgan fingerprint density at radius 3 is 2.59 bits per heavy atom. The van der Waals surface area contributed by atoms with Gasteiger partial charge in [-0.15, -0.1) is 0 Å². The maximum atomic E-state index is 6.63. The maximum Gasteiger partial charge on any atom is 0.138 e. The van der Waals surface area contributed by atoms with Gasteiger partial charge in [0.05, 0.1) is 11.1 Å². The van der Waals surface area contributed by atoms with Gasteiger partial charge in [0.2, 0.25) is 0 Å². The summed E-state index contributed by atoms with van der Waals surface area (Å²) in [4.78, 5) is 4.13. The van der Waals surface area contributed by atoms with Gasteiger partial charge in [-0.1, -0.05) is 48.9 Å². The Bertz CT molecular complexity index is 984. The third-order valence-electron chi connectivity index (χ3n) is 6.46. The highest BCUT2D eigenvalue weighted by Gasteiger charge is 2.41. The summed E-state index contributed by atoms with van der Waals surface area (Å²) in [6.07, 6.45) is 6.73. The van der Waals surface area contributed by atoms with Gasteiger partial charge in [0.1, 0.15) is 11.6 Å². The van der Waals surface area contributed by atoms with E-state index in [0.29, 0.717) is 16.6 Å². The average molecular weight is 410 g/mol. The van der Waals surface area contributed by atoms with E-state index in [4.69, 9.17) is 27.8 Å². The van der Waals surface area contributed by atoms with Crippen LogP contribution in [0.3, 0.4) is 0 Å². The fourth-order valence-corrected chi connectivity index (χ4v) is 4.93. The number of nitrogens with two attached hydrogens (primary N) is 2. The van der Waals surface area contributed by atoms with Crippen molar-refractivity contribution in [3.8, 4) is 5.75 Å². The summed E-state index contributed by atoms with van der Waals surface area (Å²) in [5, 5.41) is 2.41. The van der Waals surface area contributed by atoms with E-state index in [2.05, 4.69) is 42.2 Å². The van der Waals surface area contributed by atoms with Crippen LogP contribution in [-0.4, -0.2) is 17.1 Å². The minimum absolute atomic E-state index is 0.0170. The molecule has 2 aromatic carbocycles. The molecule has 1 aliphatic rings. The Balaban J connectivity index is 1.54. The number of ether oxygens (including phenoxy) is 1. The van der Waals surface area contributed by atoms with E-state index in [1.54, 1.807) is 6.20 Å². The van der Waals surface area contributed by atoms with Crippen molar-refractivity contribution < 1.29 is 4.74 Å². The lowest BCUT2D eigenvalue weighted by atomic mass is 9.64. The molecule has 1 aliphatic carbocycles. The van der Waals surface area contributed by atoms with Crippen LogP contribution < -0.4 is 16.2 Å². The maximum absolute atomic E-state index is 6.63. The molecule has 1 atom stereocenters. The average Bonchev–Trinajstić information content (AvgIpc) is 2.76. The molecule has 4 N–H and O–H groups in total. The predicted molar refractivity (Wildman–Crippen MR) is 120 cm³/mol. The Morgan fingerprint density at radius 2 is 1.90 bits per heavy atom. The number of hydrogen-bond donors (Lipinski definition) is 2. The standard InChI is InChI=1S/C24H28ClN3O/c1-2-22(26)24(17-6-4-3-5-7-17)11-8-18(9-12-24)29-21-14-16-10-13-28-23(27)19(16)15-20(21)25/h3-7,10,13-15,18,22H,2,8-9,11-12,26H2,1H3,(H2,27,28)/t18?,22-,24?/m1/s1. The molecule has 4 nitrogen and oxygen atoms in total. The van der Waals surface area contributed by atoms with Crippen molar-refractivity contribution in [1.29, 1.82) is 0 Å². The summed E-state index contributed by atoms with van der Waals surface area (Å²) >= 11 is 6.49. The molecule has 0 spiro atoms. The highest BCUT2D eigenvalue weighted by molar-refractivity contribution is 6.33. The third-order valence-corrected chi connectivity index (χ3v) is 6.76. The second kappa shape index (κ2) is 8.21. The number of rotatable bonds is 5. The first kappa shape index (κ1) is 20.0. The molecule has 29 heavy (non-hydrogen) atoms. The first-order valence-corrected chi connectivity index (χ1v) is 10.7. The third kappa shape index (κ3) is 3.79. The molecule has 0 radical (unpaired) electrons. The van der Waals surface area contributed by atoms with Crippen LogP contribution in [0, 0.1) is 0 Å². The Labute approximate surface area is 177 Å². The number of halogens is 1. The molecule has 1 heterocycles. The van der Waals surface area contributed by atoms with Crippen molar-refractivity contribution in [1.82, 2.24) is 4.98 Å². The molecule has 1 fully saturated rings. The number of benzene rings is 2. The molecular weight excluding hydrogens is 382 g/mol. The van der Waals surface area contributed by atoms with Crippen LogP contribution in [0.25, 0.3) is 10.8 Å². The SMILES string of the molecule is CC[C@@H](N)C1(c2ccccc2)CCC(Oc2cc3ccnc(N)c3cc2Cl)CC1. The Morgan fingerprint density at radius 1 is 1.17 bits per heavy atom. The van der Waals surface area contributed by atoms with Gasteiger partial charge in [-0.2, -0.15) is 0 Å². The van der Waals surface area contributed by atoms with Crippen LogP contribution in [0.2, 0.25) is 5.02 Å². The summed E-state index contributed by atoms with van der Waals surface area (Å²) in [6.45, 7) is 2.17. The van der Waals surface area contributed by atoms with E-state index in [-0.39, 0.29) is 17.6 Å². The number of nitrogen functional groups attached to an aromatic ring is 1. The molecular formula is C24H28ClN3O. The molecule has 0 amide bonds. The molecule has 0 saturated heterocycles. The fraction of sp³-hybridized carbons (Fsp3) is 0.375. The van der Waals surface area contributed by atoms with Crippen molar-refractivity contribution in [3.63, 3.8) is 0 Å². The topological polar surface area (TPSA) is 74.2 Å². The number of aromatic nitrogens is 1. The second-order valence-electron chi connectivity index (χ2n) is 8.05. The predicted octanol–water partition coefficient (Wildman–Crippen LogP) is 5.47. The van der Waals surface area contributed by atoms with Crippen LogP contribution >= 0.6 is 11.6 Å². The van der Waals surface area contributed by atoms with Crippen molar-refractivity contribution in [2.45, 2.75) is 56.6 Å². The molecule has 5 heteroatoms. The van der Waals surface area contributed by atoms with Crippen molar-refractivity contribution >= 4 is 28.2 Å². The number of pyridine rings is 1. The second-order valence-corrected chi connectivity index (χ2v) is 8.46. The van der Waals surface area contributed by atoms with Crippen LogP contribution in [-0.2, 0) is 5.41 Å². The van der Waals surface area contributed by atoms with Crippen LogP contribution in [0.15, 0.2) is 54.7 Å². The van der Waals surface area contributed by atoms with Crippen molar-refractivity contribution in [3.05, 3.63) is 65.3 Å². The lowest BCUT2D eigenvalue weighted by molar-refractivity contribution is 0.104. The normalized spacial score (nSPS) is 23.1. The zero-order valence-corrected chi connectivity index (χ0v) is 17.5. The van der Waals surface area contributed by atoms with E-state index in [0.717, 1.165) is 42.9 Å². The van der Waals surface area contributed by atoms with E-state index in [1.807, 2.05) is 18.2 Å². The minimum atomic E-state index is 0.0170. The van der Waals surface area contributed by atoms with E-state index in [1.165, 1.54) is 5.56 Å². The smallest absolute Gasteiger partial charge is 0.138 e. The van der Waals surface area contributed by atoms with Gasteiger partial charge in [0.25, 0.3) is 0 Å². The summed E-state index contributed by atoms with van der Waals surface area (Å²) in [6, 6.07) is 16.6. The number of nitrogens with zero attached hydrogens (tertiary/aromatic N) is 1. The van der Waals surface area contributed by atoms with Crippen LogP contribution in [0.1, 0.15) is 44.6 Å². The highest BCUT2D eigenvalue weighted by atomic mass is 35.5. The monoisotopic (exact) mass is 409 g/mol. The molecule has 1 aromatic heterocycles. The number of anilines is 1. The lowest BCUT2D eigenvalue weighted by Gasteiger charge is -2.44. The number of fused-ring (bicyclic) bond motifs is 1. The molecule has 0 unspecified atom stereocenters. The fourth-order valence-electron chi connectivity index (χ4n) is 4.72. The lowest BCUT2D eigenvalue weighted by Crippen LogP contribution is -2.48. The first-order chi connectivity index (χ1) is 14.0. The van der Waals surface area contributed by atoms with E-state index >= 15 is 0 Å². The van der Waals surface area contributed by atoms with Gasteiger partial charge in [-0.3, -0.25) is 0 Å². The first-order valence-electron chi connectivity index (χ1n) is 10.3. The van der Waals surface area contributed by atoms with Crippen molar-refractivity contribution in [2.24, 2.45) is 5.73 Å². The molecule has 0 bridgehead atoms. The van der Waals surface area contributed by atoms with E-state index in [9.17, 15) is 0 Å². The zero-order chi connectivity index (χ0) is 20.4. The summed E-state index contributed by atoms with van der Waals surface area (Å²) in [5.74, 6) is 1.19. The zero-order valence-electron chi connectivity index (χ0n) is 16.8. The van der Waals surface area contributed by atoms with Gasteiger partial charge in [-0.25, -0.2) is 4.98 Å². The van der Waals surface area contributed by atoms with E-state index < -0.39 is 0 Å². The quantitative estimate of drug-likeness (QED) is 0.586. The molecule has 0 aliphatic heterocycles. The number of hydrogen-bond acceptors (Lipinski definition) is 4. The van der Waals surface area contributed by atoms with Gasteiger partial charge in [0.15, 0.2) is 0 Å². The van der Waals surface area contributed by atoms with Crippen LogP contribution in [0.4, 0.5) is 5.82 Å². The molecule has 4 rings (SSSR count). The van der Waals surface area contributed by atoms with Gasteiger partial charge < -0.3 is 16.2 Å². The highest BCUT2D eigenvalue weighted by Crippen LogP contribution is 2.44. The molecule has 152 valence electrons. The molecule has 1 saturated carbocycles. The summed E-state index contributed by atoms with van der Waals surface area (Å²) in [7, 11) is 0. The summed E-state index contributed by atoms with van der Waals surface area (Å²) < 4.78 is 6.34. The Hall–Kier alpha value is -2.30. The minimum Gasteiger partial charge on any atom is -0.489 e. The van der Waals surface area contributed by atoms with Gasteiger partial charge in [0, 0.05) is 23.0 Å².